The molecular weight excluding hydrogens is 344 g/mol. The highest BCUT2D eigenvalue weighted by atomic mass is 32.2. The van der Waals surface area contributed by atoms with E-state index in [9.17, 15) is 4.79 Å². The molecule has 1 unspecified atom stereocenters. The largest absolute Gasteiger partial charge is 0.383 e. The van der Waals surface area contributed by atoms with E-state index in [-0.39, 0.29) is 5.91 Å². The molecular formula is C21H28N2O2S. The van der Waals surface area contributed by atoms with Crippen LogP contribution >= 0.6 is 11.8 Å². The van der Waals surface area contributed by atoms with Gasteiger partial charge in [-0.25, -0.2) is 0 Å². The van der Waals surface area contributed by atoms with Crippen molar-refractivity contribution in [3.8, 4) is 0 Å². The summed E-state index contributed by atoms with van der Waals surface area (Å²) in [5, 5.41) is 3.18. The fourth-order valence-electron chi connectivity index (χ4n) is 2.78. The van der Waals surface area contributed by atoms with Crippen LogP contribution in [0.2, 0.25) is 0 Å². The second kappa shape index (κ2) is 10.3. The van der Waals surface area contributed by atoms with Crippen molar-refractivity contribution in [2.24, 2.45) is 4.99 Å². The van der Waals surface area contributed by atoms with Gasteiger partial charge in [-0.3, -0.25) is 9.79 Å². The minimum atomic E-state index is -0.0935. The lowest BCUT2D eigenvalue weighted by Gasteiger charge is -2.14. The van der Waals surface area contributed by atoms with Gasteiger partial charge in [0.25, 0.3) is 5.91 Å². The number of nitrogens with one attached hydrogen (secondary N) is 1. The number of hydrogen-bond acceptors (Lipinski definition) is 4. The maximum absolute atomic E-state index is 12.3. The van der Waals surface area contributed by atoms with Crippen molar-refractivity contribution in [3.05, 3.63) is 47.6 Å². The summed E-state index contributed by atoms with van der Waals surface area (Å²) in [6, 6.07) is 5.77. The number of aliphatic imine (C=N–C) groups is 1. The molecule has 0 aliphatic carbocycles. The Kier molecular flexibility index (Phi) is 8.13. The topological polar surface area (TPSA) is 50.7 Å². The number of carbonyl (C=O) groups is 1. The first-order valence-electron chi connectivity index (χ1n) is 9.09. The smallest absolute Gasteiger partial charge is 0.251 e. The summed E-state index contributed by atoms with van der Waals surface area (Å²) in [4.78, 5) is 18.4. The Morgan fingerprint density at radius 3 is 2.92 bits per heavy atom. The first-order valence-corrected chi connectivity index (χ1v) is 9.97. The Balaban J connectivity index is 2.37. The summed E-state index contributed by atoms with van der Waals surface area (Å²) in [6.07, 6.45) is 8.24. The maximum Gasteiger partial charge on any atom is 0.251 e. The molecule has 0 radical (unpaired) electrons. The van der Waals surface area contributed by atoms with Gasteiger partial charge in [0.1, 0.15) is 0 Å². The van der Waals surface area contributed by atoms with Gasteiger partial charge in [-0.1, -0.05) is 31.6 Å². The van der Waals surface area contributed by atoms with E-state index in [2.05, 4.69) is 31.3 Å². The van der Waals surface area contributed by atoms with Gasteiger partial charge in [0.15, 0.2) is 0 Å². The van der Waals surface area contributed by atoms with Crippen molar-refractivity contribution in [3.63, 3.8) is 0 Å². The minimum absolute atomic E-state index is 0.0935. The van der Waals surface area contributed by atoms with Crippen molar-refractivity contribution in [1.82, 2.24) is 5.32 Å². The van der Waals surface area contributed by atoms with E-state index in [4.69, 9.17) is 9.73 Å². The molecule has 0 fully saturated rings. The lowest BCUT2D eigenvalue weighted by Crippen LogP contribution is -2.26. The average molecular weight is 373 g/mol. The molecule has 2 rings (SSSR count). The minimum Gasteiger partial charge on any atom is -0.383 e. The Morgan fingerprint density at radius 2 is 2.23 bits per heavy atom. The molecule has 0 saturated carbocycles. The molecule has 1 atom stereocenters. The van der Waals surface area contributed by atoms with Crippen LogP contribution in [-0.2, 0) is 4.74 Å². The van der Waals surface area contributed by atoms with E-state index in [0.717, 1.165) is 29.1 Å². The maximum atomic E-state index is 12.3. The summed E-state index contributed by atoms with van der Waals surface area (Å²) in [5.74, 6) is -0.0935. The van der Waals surface area contributed by atoms with Crippen molar-refractivity contribution in [2.75, 3.05) is 20.3 Å². The van der Waals surface area contributed by atoms with Crippen LogP contribution in [0, 0.1) is 0 Å². The van der Waals surface area contributed by atoms with E-state index in [1.54, 1.807) is 18.9 Å². The van der Waals surface area contributed by atoms with E-state index in [0.29, 0.717) is 24.0 Å². The standard InChI is InChI=1S/C21H28N2O2S/c1-5-7-9-17-15(3)26-20-11-10-16(21(24)22-12-13-25-4)14-19(20)23-18(17)8-6-2/h5,7,9-11,14-15H,6,8,12-13H2,1-4H3,(H,22,24)/b7-5-,17-9+. The number of fused-ring (bicyclic) bond motifs is 1. The summed E-state index contributed by atoms with van der Waals surface area (Å²) >= 11 is 1.79. The SMILES string of the molecule is C/C=C\C=C1\C(CCC)=Nc2cc(C(=O)NCCOC)ccc2SC1C. The highest BCUT2D eigenvalue weighted by Gasteiger charge is 2.22. The van der Waals surface area contributed by atoms with Gasteiger partial charge in [0, 0.05) is 35.1 Å². The molecule has 0 bridgehead atoms. The molecule has 5 heteroatoms. The van der Waals surface area contributed by atoms with Gasteiger partial charge in [-0.15, -0.1) is 11.8 Å². The molecule has 140 valence electrons. The Morgan fingerprint density at radius 1 is 1.42 bits per heavy atom. The number of benzene rings is 1. The van der Waals surface area contributed by atoms with Crippen LogP contribution in [0.1, 0.15) is 44.0 Å². The number of rotatable bonds is 7. The molecule has 1 aliphatic heterocycles. The van der Waals surface area contributed by atoms with Crippen LogP contribution in [0.15, 0.2) is 51.9 Å². The molecule has 4 nitrogen and oxygen atoms in total. The fraction of sp³-hybridized carbons (Fsp3) is 0.429. The first-order chi connectivity index (χ1) is 12.6. The molecule has 26 heavy (non-hydrogen) atoms. The third kappa shape index (κ3) is 5.32. The van der Waals surface area contributed by atoms with Gasteiger partial charge in [0.05, 0.1) is 12.3 Å². The van der Waals surface area contributed by atoms with Gasteiger partial charge < -0.3 is 10.1 Å². The Labute approximate surface area is 160 Å². The van der Waals surface area contributed by atoms with Crippen LogP contribution in [0.5, 0.6) is 0 Å². The second-order valence-corrected chi connectivity index (χ2v) is 7.53. The number of methoxy groups -OCH3 is 1. The predicted octanol–water partition coefficient (Wildman–Crippen LogP) is 4.93. The van der Waals surface area contributed by atoms with E-state index in [1.807, 2.05) is 31.2 Å². The van der Waals surface area contributed by atoms with Gasteiger partial charge in [0.2, 0.25) is 0 Å². The molecule has 0 spiro atoms. The lowest BCUT2D eigenvalue weighted by atomic mass is 10.0. The zero-order chi connectivity index (χ0) is 18.9. The molecule has 1 amide bonds. The molecule has 1 heterocycles. The zero-order valence-electron chi connectivity index (χ0n) is 16.0. The van der Waals surface area contributed by atoms with Crippen LogP contribution in [0.3, 0.4) is 0 Å². The lowest BCUT2D eigenvalue weighted by molar-refractivity contribution is 0.0937. The van der Waals surface area contributed by atoms with Crippen LogP contribution < -0.4 is 5.32 Å². The van der Waals surface area contributed by atoms with Gasteiger partial charge in [-0.2, -0.15) is 0 Å². The normalized spacial score (nSPS) is 18.5. The molecule has 1 N–H and O–H groups in total. The molecule has 1 aromatic carbocycles. The van der Waals surface area contributed by atoms with Crippen molar-refractivity contribution in [2.45, 2.75) is 43.8 Å². The van der Waals surface area contributed by atoms with Crippen LogP contribution in [0.4, 0.5) is 5.69 Å². The zero-order valence-corrected chi connectivity index (χ0v) is 16.9. The number of allylic oxidation sites excluding steroid dienone is 3. The molecule has 1 aliphatic rings. The summed E-state index contributed by atoms with van der Waals surface area (Å²) in [7, 11) is 1.62. The fourth-order valence-corrected chi connectivity index (χ4v) is 3.88. The Hall–Kier alpha value is -1.85. The van der Waals surface area contributed by atoms with E-state index in [1.165, 1.54) is 5.57 Å². The third-order valence-electron chi connectivity index (χ3n) is 4.10. The van der Waals surface area contributed by atoms with Crippen LogP contribution in [0.25, 0.3) is 0 Å². The number of carbonyl (C=O) groups excluding carboxylic acids is 1. The van der Waals surface area contributed by atoms with Crippen molar-refractivity contribution in [1.29, 1.82) is 0 Å². The number of amides is 1. The summed E-state index contributed by atoms with van der Waals surface area (Å²) in [5.41, 5.74) is 3.89. The number of thioether (sulfide) groups is 1. The molecule has 0 saturated heterocycles. The van der Waals surface area contributed by atoms with Gasteiger partial charge in [-0.05, 0) is 44.0 Å². The summed E-state index contributed by atoms with van der Waals surface area (Å²) < 4.78 is 4.98. The van der Waals surface area contributed by atoms with Crippen molar-refractivity contribution < 1.29 is 9.53 Å². The number of hydrogen-bond donors (Lipinski definition) is 1. The molecule has 0 aromatic heterocycles. The Bertz CT molecular complexity index is 723. The number of nitrogens with zero attached hydrogens (tertiary/aromatic N) is 1. The average Bonchev–Trinajstić information content (AvgIpc) is 2.75. The highest BCUT2D eigenvalue weighted by Crippen LogP contribution is 2.40. The van der Waals surface area contributed by atoms with Gasteiger partial charge >= 0.3 is 0 Å². The second-order valence-electron chi connectivity index (χ2n) is 6.15. The first kappa shape index (κ1) is 20.5. The predicted molar refractivity (Wildman–Crippen MR) is 111 cm³/mol. The number of ether oxygens (including phenoxy) is 1. The molecule has 1 aromatic rings. The van der Waals surface area contributed by atoms with E-state index >= 15 is 0 Å². The van der Waals surface area contributed by atoms with Crippen molar-refractivity contribution >= 4 is 29.1 Å². The monoisotopic (exact) mass is 372 g/mol. The van der Waals surface area contributed by atoms with E-state index < -0.39 is 0 Å². The highest BCUT2D eigenvalue weighted by molar-refractivity contribution is 8.00. The van der Waals surface area contributed by atoms with Crippen LogP contribution in [-0.4, -0.2) is 37.1 Å². The quantitative estimate of drug-likeness (QED) is 0.690. The third-order valence-corrected chi connectivity index (χ3v) is 5.30. The summed E-state index contributed by atoms with van der Waals surface area (Å²) in [6.45, 7) is 7.40.